The molecule has 1 unspecified atom stereocenters. The third-order valence-electron chi connectivity index (χ3n) is 4.60. The van der Waals surface area contributed by atoms with Crippen LogP contribution in [-0.4, -0.2) is 22.7 Å². The molecule has 3 aliphatic rings. The van der Waals surface area contributed by atoms with Gasteiger partial charge in [-0.15, -0.1) is 13.2 Å². The summed E-state index contributed by atoms with van der Waals surface area (Å²) in [5, 5.41) is 12.8. The Kier molecular flexibility index (Phi) is 3.13. The third-order valence-corrected chi connectivity index (χ3v) is 4.60. The van der Waals surface area contributed by atoms with Gasteiger partial charge in [-0.25, -0.2) is 0 Å². The van der Waals surface area contributed by atoms with Crippen LogP contribution in [0.25, 0.3) is 0 Å². The lowest BCUT2D eigenvalue weighted by molar-refractivity contribution is -0.150. The van der Waals surface area contributed by atoms with Crippen LogP contribution in [0.3, 0.4) is 0 Å². The highest BCUT2D eigenvalue weighted by Crippen LogP contribution is 2.52. The number of aliphatic carboxylic acids is 1. The van der Waals surface area contributed by atoms with Gasteiger partial charge in [0.15, 0.2) is 0 Å². The molecule has 2 saturated heterocycles. The van der Waals surface area contributed by atoms with Crippen LogP contribution in [0.1, 0.15) is 38.5 Å². The van der Waals surface area contributed by atoms with Crippen molar-refractivity contribution in [3.8, 4) is 0 Å². The molecule has 0 spiro atoms. The van der Waals surface area contributed by atoms with Crippen molar-refractivity contribution in [2.45, 2.75) is 50.1 Å². The second-order valence-corrected chi connectivity index (χ2v) is 5.54. The smallest absolute Gasteiger partial charge is 0.321 e. The Morgan fingerprint density at radius 2 is 1.82 bits per heavy atom. The second kappa shape index (κ2) is 4.30. The van der Waals surface area contributed by atoms with Crippen molar-refractivity contribution in [2.75, 3.05) is 0 Å². The fourth-order valence-corrected chi connectivity index (χ4v) is 3.59. The lowest BCUT2D eigenvalue weighted by atomic mass is 9.57. The minimum absolute atomic E-state index is 0.0201. The molecule has 1 saturated carbocycles. The number of carboxylic acids is 1. The first-order valence-electron chi connectivity index (χ1n) is 6.30. The molecule has 2 heterocycles. The van der Waals surface area contributed by atoms with E-state index < -0.39 is 12.0 Å². The van der Waals surface area contributed by atoms with Crippen LogP contribution in [0.15, 0.2) is 25.3 Å². The van der Waals surface area contributed by atoms with Crippen LogP contribution in [0.4, 0.5) is 0 Å². The van der Waals surface area contributed by atoms with Crippen molar-refractivity contribution in [1.82, 2.24) is 5.32 Å². The van der Waals surface area contributed by atoms with E-state index >= 15 is 0 Å². The number of carbonyl (C=O) groups is 1. The Morgan fingerprint density at radius 3 is 2.29 bits per heavy atom. The molecule has 2 N–H and O–H groups in total. The van der Waals surface area contributed by atoms with Gasteiger partial charge in [-0.1, -0.05) is 12.2 Å². The van der Waals surface area contributed by atoms with Gasteiger partial charge in [0.25, 0.3) is 0 Å². The van der Waals surface area contributed by atoms with Gasteiger partial charge in [0.2, 0.25) is 0 Å². The summed E-state index contributed by atoms with van der Waals surface area (Å²) in [6.45, 7) is 7.56. The van der Waals surface area contributed by atoms with Crippen LogP contribution >= 0.6 is 0 Å². The second-order valence-electron chi connectivity index (χ2n) is 5.54. The Bertz CT molecular complexity index is 340. The molecule has 1 aliphatic carbocycles. The molecule has 2 bridgehead atoms. The topological polar surface area (TPSA) is 49.3 Å². The summed E-state index contributed by atoms with van der Waals surface area (Å²) in [5.74, 6) is -0.723. The number of carboxylic acid groups (broad SMARTS) is 1. The zero-order chi connectivity index (χ0) is 12.5. The summed E-state index contributed by atoms with van der Waals surface area (Å²) in [7, 11) is 0. The van der Waals surface area contributed by atoms with Gasteiger partial charge < -0.3 is 5.11 Å². The quantitative estimate of drug-likeness (QED) is 0.720. The fourth-order valence-electron chi connectivity index (χ4n) is 3.59. The van der Waals surface area contributed by atoms with E-state index in [1.165, 1.54) is 0 Å². The van der Waals surface area contributed by atoms with Crippen molar-refractivity contribution in [3.05, 3.63) is 25.3 Å². The first-order chi connectivity index (χ1) is 8.07. The van der Waals surface area contributed by atoms with E-state index in [0.29, 0.717) is 0 Å². The monoisotopic (exact) mass is 235 g/mol. The molecule has 17 heavy (non-hydrogen) atoms. The fraction of sp³-hybridized carbons (Fsp3) is 0.643. The van der Waals surface area contributed by atoms with E-state index in [1.807, 2.05) is 12.2 Å². The van der Waals surface area contributed by atoms with Gasteiger partial charge in [-0.05, 0) is 38.5 Å². The van der Waals surface area contributed by atoms with Crippen LogP contribution in [0, 0.1) is 5.41 Å². The predicted molar refractivity (Wildman–Crippen MR) is 67.8 cm³/mol. The number of rotatable bonds is 5. The van der Waals surface area contributed by atoms with Crippen molar-refractivity contribution in [2.24, 2.45) is 5.41 Å². The Morgan fingerprint density at radius 1 is 1.24 bits per heavy atom. The van der Waals surface area contributed by atoms with E-state index in [0.717, 1.165) is 38.5 Å². The zero-order valence-electron chi connectivity index (χ0n) is 10.2. The molecule has 94 valence electrons. The Labute approximate surface area is 103 Å². The SMILES string of the molecule is C=CCC12CCC(CC=C)(CC1)C(C(=O)O)N2. The van der Waals surface area contributed by atoms with Gasteiger partial charge in [0, 0.05) is 11.0 Å². The highest BCUT2D eigenvalue weighted by Gasteiger charge is 2.55. The normalized spacial score (nSPS) is 39.9. The first-order valence-corrected chi connectivity index (χ1v) is 6.30. The maximum absolute atomic E-state index is 11.4. The number of allylic oxidation sites excluding steroid dienone is 1. The van der Waals surface area contributed by atoms with Gasteiger partial charge in [0.05, 0.1) is 0 Å². The lowest BCUT2D eigenvalue weighted by Gasteiger charge is -2.57. The Hall–Kier alpha value is -1.09. The van der Waals surface area contributed by atoms with Crippen LogP contribution in [0.5, 0.6) is 0 Å². The lowest BCUT2D eigenvalue weighted by Crippen LogP contribution is -2.68. The highest BCUT2D eigenvalue weighted by atomic mass is 16.4. The molecule has 0 aromatic carbocycles. The molecule has 0 aromatic heterocycles. The zero-order valence-corrected chi connectivity index (χ0v) is 10.2. The molecule has 0 radical (unpaired) electrons. The van der Waals surface area contributed by atoms with E-state index in [1.54, 1.807) is 0 Å². The molecule has 2 aliphatic heterocycles. The predicted octanol–water partition coefficient (Wildman–Crippen LogP) is 2.49. The third kappa shape index (κ3) is 1.93. The summed E-state index contributed by atoms with van der Waals surface area (Å²) < 4.78 is 0. The minimum atomic E-state index is -0.723. The van der Waals surface area contributed by atoms with E-state index in [4.69, 9.17) is 0 Å². The maximum Gasteiger partial charge on any atom is 0.321 e. The van der Waals surface area contributed by atoms with E-state index in [9.17, 15) is 9.90 Å². The van der Waals surface area contributed by atoms with Crippen molar-refractivity contribution in [1.29, 1.82) is 0 Å². The molecule has 3 heteroatoms. The molecular formula is C14H21NO2. The van der Waals surface area contributed by atoms with Crippen molar-refractivity contribution in [3.63, 3.8) is 0 Å². The molecule has 0 aromatic rings. The minimum Gasteiger partial charge on any atom is -0.480 e. The molecular weight excluding hydrogens is 214 g/mol. The summed E-state index contributed by atoms with van der Waals surface area (Å²) in [6, 6.07) is -0.428. The Balaban J connectivity index is 2.26. The van der Waals surface area contributed by atoms with Gasteiger partial charge in [0.1, 0.15) is 6.04 Å². The van der Waals surface area contributed by atoms with Crippen LogP contribution in [-0.2, 0) is 4.79 Å². The van der Waals surface area contributed by atoms with Crippen molar-refractivity contribution >= 4 is 5.97 Å². The largest absolute Gasteiger partial charge is 0.480 e. The number of piperidine rings is 2. The summed E-state index contributed by atoms with van der Waals surface area (Å²) in [5.41, 5.74) is -0.135. The molecule has 0 amide bonds. The van der Waals surface area contributed by atoms with E-state index in [2.05, 4.69) is 18.5 Å². The molecule has 1 atom stereocenters. The summed E-state index contributed by atoms with van der Waals surface area (Å²) in [6.07, 6.45) is 9.49. The molecule has 3 fully saturated rings. The number of fused-ring (bicyclic) bond motifs is 3. The molecule has 3 nitrogen and oxygen atoms in total. The summed E-state index contributed by atoms with van der Waals surface area (Å²) in [4.78, 5) is 11.4. The van der Waals surface area contributed by atoms with Crippen LogP contribution < -0.4 is 5.32 Å². The van der Waals surface area contributed by atoms with Gasteiger partial charge in [-0.3, -0.25) is 10.1 Å². The van der Waals surface area contributed by atoms with E-state index in [-0.39, 0.29) is 11.0 Å². The first kappa shape index (κ1) is 12.4. The number of nitrogens with one attached hydrogen (secondary N) is 1. The van der Waals surface area contributed by atoms with Gasteiger partial charge >= 0.3 is 5.97 Å². The maximum atomic E-state index is 11.4. The van der Waals surface area contributed by atoms with Crippen molar-refractivity contribution < 1.29 is 9.90 Å². The number of hydrogen-bond donors (Lipinski definition) is 2. The average molecular weight is 235 g/mol. The summed E-state index contributed by atoms with van der Waals surface area (Å²) >= 11 is 0. The average Bonchev–Trinajstić information content (AvgIpc) is 2.31. The van der Waals surface area contributed by atoms with Gasteiger partial charge in [-0.2, -0.15) is 0 Å². The number of hydrogen-bond acceptors (Lipinski definition) is 2. The standard InChI is InChI=1S/C14H21NO2/c1-3-5-13-7-9-14(6-4-2,10-8-13)15-11(13)12(16)17/h3-4,11,15H,1-2,5-10H2,(H,16,17). The highest BCUT2D eigenvalue weighted by molar-refractivity contribution is 5.75. The molecule has 3 rings (SSSR count). The van der Waals surface area contributed by atoms with Crippen LogP contribution in [0.2, 0.25) is 0 Å².